The van der Waals surface area contributed by atoms with Gasteiger partial charge in [0.05, 0.1) is 0 Å². The lowest BCUT2D eigenvalue weighted by Gasteiger charge is -2.04. The summed E-state index contributed by atoms with van der Waals surface area (Å²) >= 11 is 1.79. The van der Waals surface area contributed by atoms with Gasteiger partial charge in [-0.1, -0.05) is 6.07 Å². The molecule has 0 amide bonds. The van der Waals surface area contributed by atoms with Crippen LogP contribution in [-0.4, -0.2) is 22.2 Å². The molecule has 102 valence electrons. The molecule has 19 heavy (non-hydrogen) atoms. The smallest absolute Gasteiger partial charge is 0.315 e. The number of nitrogens with one attached hydrogen (secondary N) is 1. The van der Waals surface area contributed by atoms with Gasteiger partial charge >= 0.3 is 5.69 Å². The summed E-state index contributed by atoms with van der Waals surface area (Å²) in [4.78, 5) is 13.4. The summed E-state index contributed by atoms with van der Waals surface area (Å²) in [7, 11) is 0. The predicted molar refractivity (Wildman–Crippen MR) is 77.9 cm³/mol. The number of nitrogens with zero attached hydrogens (tertiary/aromatic N) is 2. The van der Waals surface area contributed by atoms with Crippen LogP contribution in [0.4, 0.5) is 0 Å². The first-order valence-corrected chi connectivity index (χ1v) is 7.73. The van der Waals surface area contributed by atoms with E-state index in [0.29, 0.717) is 6.04 Å². The molecule has 0 unspecified atom stereocenters. The molecule has 1 aliphatic carbocycles. The lowest BCUT2D eigenvalue weighted by atomic mass is 10.3. The lowest BCUT2D eigenvalue weighted by Crippen LogP contribution is -2.29. The van der Waals surface area contributed by atoms with Crippen LogP contribution in [0.25, 0.3) is 0 Å². The minimum atomic E-state index is 0.141. The van der Waals surface area contributed by atoms with Crippen molar-refractivity contribution in [3.05, 3.63) is 45.3 Å². The molecule has 0 radical (unpaired) electrons. The predicted octanol–water partition coefficient (Wildman–Crippen LogP) is 1.88. The SMILES string of the molecule is O=c1n(CCNCCc2cccs2)ccn1C1CC1. The van der Waals surface area contributed by atoms with Crippen LogP contribution in [-0.2, 0) is 13.0 Å². The molecule has 3 rings (SSSR count). The highest BCUT2D eigenvalue weighted by Crippen LogP contribution is 2.33. The normalized spacial score (nSPS) is 14.9. The van der Waals surface area contributed by atoms with Crippen molar-refractivity contribution in [3.63, 3.8) is 0 Å². The Hall–Kier alpha value is -1.33. The minimum absolute atomic E-state index is 0.141. The number of aromatic nitrogens is 2. The van der Waals surface area contributed by atoms with E-state index in [1.54, 1.807) is 15.9 Å². The fourth-order valence-electron chi connectivity index (χ4n) is 2.22. The van der Waals surface area contributed by atoms with E-state index < -0.39 is 0 Å². The molecule has 0 atom stereocenters. The van der Waals surface area contributed by atoms with Gasteiger partial charge in [0.2, 0.25) is 0 Å². The van der Waals surface area contributed by atoms with E-state index in [9.17, 15) is 4.79 Å². The summed E-state index contributed by atoms with van der Waals surface area (Å²) in [5.74, 6) is 0. The molecular formula is C14H19N3OS. The van der Waals surface area contributed by atoms with Crippen LogP contribution in [0.3, 0.4) is 0 Å². The maximum Gasteiger partial charge on any atom is 0.328 e. The molecule has 1 aliphatic rings. The van der Waals surface area contributed by atoms with Crippen LogP contribution in [0, 0.1) is 0 Å². The summed E-state index contributed by atoms with van der Waals surface area (Å²) in [5, 5.41) is 5.50. The Morgan fingerprint density at radius 1 is 1.32 bits per heavy atom. The monoisotopic (exact) mass is 277 g/mol. The first-order valence-electron chi connectivity index (χ1n) is 6.85. The van der Waals surface area contributed by atoms with Crippen molar-refractivity contribution in [2.24, 2.45) is 0 Å². The van der Waals surface area contributed by atoms with Gasteiger partial charge in [0, 0.05) is 42.9 Å². The molecule has 0 bridgehead atoms. The lowest BCUT2D eigenvalue weighted by molar-refractivity contribution is 0.570. The third kappa shape index (κ3) is 3.16. The second-order valence-electron chi connectivity index (χ2n) is 4.99. The summed E-state index contributed by atoms with van der Waals surface area (Å²) in [6, 6.07) is 4.72. The standard InChI is InChI=1S/C14H19N3OS/c18-14-16(9-10-17(14)12-3-4-12)8-7-15-6-5-13-2-1-11-19-13/h1-2,9-12,15H,3-8H2. The molecular weight excluding hydrogens is 258 g/mol. The van der Waals surface area contributed by atoms with Gasteiger partial charge in [-0.3, -0.25) is 9.13 Å². The zero-order valence-electron chi connectivity index (χ0n) is 10.9. The highest BCUT2D eigenvalue weighted by molar-refractivity contribution is 7.09. The molecule has 0 aromatic carbocycles. The number of imidazole rings is 1. The highest BCUT2D eigenvalue weighted by atomic mass is 32.1. The van der Waals surface area contributed by atoms with Gasteiger partial charge in [-0.25, -0.2) is 4.79 Å². The van der Waals surface area contributed by atoms with Crippen molar-refractivity contribution in [1.82, 2.24) is 14.5 Å². The van der Waals surface area contributed by atoms with Crippen LogP contribution >= 0.6 is 11.3 Å². The fraction of sp³-hybridized carbons (Fsp3) is 0.500. The first-order chi connectivity index (χ1) is 9.34. The van der Waals surface area contributed by atoms with E-state index in [1.807, 2.05) is 17.0 Å². The Morgan fingerprint density at radius 2 is 2.21 bits per heavy atom. The first kappa shape index (κ1) is 12.7. The minimum Gasteiger partial charge on any atom is -0.315 e. The Kier molecular flexibility index (Phi) is 3.84. The number of hydrogen-bond acceptors (Lipinski definition) is 3. The van der Waals surface area contributed by atoms with Gasteiger partial charge in [-0.2, -0.15) is 0 Å². The summed E-state index contributed by atoms with van der Waals surface area (Å²) in [5.41, 5.74) is 0.141. The van der Waals surface area contributed by atoms with Crippen LogP contribution in [0.15, 0.2) is 34.7 Å². The molecule has 0 spiro atoms. The van der Waals surface area contributed by atoms with E-state index in [1.165, 1.54) is 4.88 Å². The quantitative estimate of drug-likeness (QED) is 0.785. The van der Waals surface area contributed by atoms with Gasteiger partial charge in [0.1, 0.15) is 0 Å². The number of thiophene rings is 1. The van der Waals surface area contributed by atoms with Crippen molar-refractivity contribution in [2.75, 3.05) is 13.1 Å². The van der Waals surface area contributed by atoms with E-state index >= 15 is 0 Å². The third-order valence-electron chi connectivity index (χ3n) is 3.47. The molecule has 2 heterocycles. The molecule has 0 saturated heterocycles. The Bertz CT molecular complexity index is 566. The van der Waals surface area contributed by atoms with Crippen LogP contribution in [0.5, 0.6) is 0 Å². The van der Waals surface area contributed by atoms with Crippen molar-refractivity contribution in [1.29, 1.82) is 0 Å². The van der Waals surface area contributed by atoms with Crippen molar-refractivity contribution < 1.29 is 0 Å². The van der Waals surface area contributed by atoms with Crippen LogP contribution in [0.2, 0.25) is 0 Å². The zero-order valence-corrected chi connectivity index (χ0v) is 11.7. The fourth-order valence-corrected chi connectivity index (χ4v) is 2.93. The average molecular weight is 277 g/mol. The molecule has 5 heteroatoms. The summed E-state index contributed by atoms with van der Waals surface area (Å²) in [6.07, 6.45) is 7.20. The van der Waals surface area contributed by atoms with Crippen LogP contribution in [0.1, 0.15) is 23.8 Å². The van der Waals surface area contributed by atoms with E-state index in [0.717, 1.165) is 38.9 Å². The number of rotatable bonds is 7. The number of hydrogen-bond donors (Lipinski definition) is 1. The zero-order chi connectivity index (χ0) is 13.1. The average Bonchev–Trinajstić information content (AvgIpc) is 2.99. The second-order valence-corrected chi connectivity index (χ2v) is 6.02. The highest BCUT2D eigenvalue weighted by Gasteiger charge is 2.25. The molecule has 2 aromatic heterocycles. The van der Waals surface area contributed by atoms with E-state index in [-0.39, 0.29) is 5.69 Å². The van der Waals surface area contributed by atoms with Gasteiger partial charge in [0.25, 0.3) is 0 Å². The Balaban J connectivity index is 1.41. The van der Waals surface area contributed by atoms with Gasteiger partial charge in [0.15, 0.2) is 0 Å². The van der Waals surface area contributed by atoms with Crippen molar-refractivity contribution >= 4 is 11.3 Å². The molecule has 0 aliphatic heterocycles. The topological polar surface area (TPSA) is 39.0 Å². The maximum absolute atomic E-state index is 12.0. The van der Waals surface area contributed by atoms with E-state index in [2.05, 4.69) is 22.8 Å². The van der Waals surface area contributed by atoms with Crippen molar-refractivity contribution in [3.8, 4) is 0 Å². The second kappa shape index (κ2) is 5.75. The van der Waals surface area contributed by atoms with Crippen LogP contribution < -0.4 is 11.0 Å². The van der Waals surface area contributed by atoms with Crippen molar-refractivity contribution in [2.45, 2.75) is 31.8 Å². The molecule has 4 nitrogen and oxygen atoms in total. The molecule has 1 fully saturated rings. The Morgan fingerprint density at radius 3 is 2.95 bits per heavy atom. The van der Waals surface area contributed by atoms with E-state index in [4.69, 9.17) is 0 Å². The Labute approximate surface area is 116 Å². The molecule has 2 aromatic rings. The largest absolute Gasteiger partial charge is 0.328 e. The summed E-state index contributed by atoms with van der Waals surface area (Å²) < 4.78 is 3.67. The molecule has 1 N–H and O–H groups in total. The third-order valence-corrected chi connectivity index (χ3v) is 4.41. The van der Waals surface area contributed by atoms with Gasteiger partial charge in [-0.05, 0) is 30.7 Å². The van der Waals surface area contributed by atoms with Gasteiger partial charge < -0.3 is 5.32 Å². The summed E-state index contributed by atoms with van der Waals surface area (Å²) in [6.45, 7) is 2.57. The maximum atomic E-state index is 12.0. The van der Waals surface area contributed by atoms with Gasteiger partial charge in [-0.15, -0.1) is 11.3 Å². The molecule has 1 saturated carbocycles.